The smallest absolute Gasteiger partial charge is 0.0990 e. The van der Waals surface area contributed by atoms with E-state index in [1.165, 1.54) is 11.3 Å². The van der Waals surface area contributed by atoms with Gasteiger partial charge in [-0.1, -0.05) is 13.0 Å². The third-order valence-electron chi connectivity index (χ3n) is 4.81. The van der Waals surface area contributed by atoms with Gasteiger partial charge in [0.05, 0.1) is 35.8 Å². The van der Waals surface area contributed by atoms with Gasteiger partial charge >= 0.3 is 0 Å². The van der Waals surface area contributed by atoms with Gasteiger partial charge in [-0.25, -0.2) is 9.97 Å². The van der Waals surface area contributed by atoms with Gasteiger partial charge in [-0.15, -0.1) is 0 Å². The summed E-state index contributed by atoms with van der Waals surface area (Å²) < 4.78 is 0. The molecule has 1 atom stereocenters. The molecule has 0 fully saturated rings. The van der Waals surface area contributed by atoms with Crippen LogP contribution in [-0.2, 0) is 19.4 Å². The van der Waals surface area contributed by atoms with Crippen molar-refractivity contribution in [2.45, 2.75) is 39.3 Å². The number of aryl methyl sites for hydroxylation is 2. The number of aromatic amines is 2. The van der Waals surface area contributed by atoms with Gasteiger partial charge < -0.3 is 9.97 Å². The highest BCUT2D eigenvalue weighted by atomic mass is 15.2. The Labute approximate surface area is 141 Å². The first-order valence-corrected chi connectivity index (χ1v) is 8.46. The molecule has 4 rings (SSSR count). The molecule has 124 valence electrons. The van der Waals surface area contributed by atoms with Crippen LogP contribution in [0.2, 0.25) is 0 Å². The first-order valence-electron chi connectivity index (χ1n) is 8.46. The van der Waals surface area contributed by atoms with Crippen molar-refractivity contribution in [1.82, 2.24) is 29.8 Å². The lowest BCUT2D eigenvalue weighted by Crippen LogP contribution is -2.36. The van der Waals surface area contributed by atoms with E-state index in [0.717, 1.165) is 48.7 Å². The molecule has 0 radical (unpaired) electrons. The second-order valence-corrected chi connectivity index (χ2v) is 6.31. The molecule has 0 aliphatic carbocycles. The van der Waals surface area contributed by atoms with E-state index < -0.39 is 0 Å². The first kappa shape index (κ1) is 15.1. The molecule has 4 heterocycles. The van der Waals surface area contributed by atoms with Crippen LogP contribution in [0.5, 0.6) is 0 Å². The number of rotatable bonds is 4. The summed E-state index contributed by atoms with van der Waals surface area (Å²) in [5.41, 5.74) is 6.80. The molecular formula is C18H22N6. The Morgan fingerprint density at radius 2 is 1.96 bits per heavy atom. The Bertz CT molecular complexity index is 816. The second-order valence-electron chi connectivity index (χ2n) is 6.31. The number of fused-ring (bicyclic) bond motifs is 1. The van der Waals surface area contributed by atoms with Crippen LogP contribution in [0.3, 0.4) is 0 Å². The van der Waals surface area contributed by atoms with Gasteiger partial charge in [-0.3, -0.25) is 9.88 Å². The molecule has 0 amide bonds. The molecule has 24 heavy (non-hydrogen) atoms. The highest BCUT2D eigenvalue weighted by Gasteiger charge is 2.33. The molecule has 6 nitrogen and oxygen atoms in total. The molecular weight excluding hydrogens is 300 g/mol. The molecule has 0 saturated carbocycles. The van der Waals surface area contributed by atoms with Gasteiger partial charge in [-0.2, -0.15) is 0 Å². The monoisotopic (exact) mass is 322 g/mol. The van der Waals surface area contributed by atoms with E-state index in [1.54, 1.807) is 12.7 Å². The molecule has 0 bridgehead atoms. The molecule has 2 N–H and O–H groups in total. The largest absolute Gasteiger partial charge is 0.348 e. The first-order chi connectivity index (χ1) is 11.8. The van der Waals surface area contributed by atoms with Crippen molar-refractivity contribution < 1.29 is 0 Å². The quantitative estimate of drug-likeness (QED) is 0.774. The maximum atomic E-state index is 4.63. The minimum atomic E-state index is 0.0684. The average molecular weight is 322 g/mol. The molecule has 6 heteroatoms. The fourth-order valence-corrected chi connectivity index (χ4v) is 3.41. The molecule has 3 aromatic heterocycles. The Morgan fingerprint density at radius 3 is 2.67 bits per heavy atom. The van der Waals surface area contributed by atoms with E-state index in [-0.39, 0.29) is 6.04 Å². The van der Waals surface area contributed by atoms with Crippen LogP contribution in [0.4, 0.5) is 0 Å². The van der Waals surface area contributed by atoms with E-state index >= 15 is 0 Å². The lowest BCUT2D eigenvalue weighted by atomic mass is 9.98. The third kappa shape index (κ3) is 2.63. The van der Waals surface area contributed by atoms with Crippen LogP contribution < -0.4 is 0 Å². The van der Waals surface area contributed by atoms with Crippen LogP contribution in [0.1, 0.15) is 47.0 Å². The van der Waals surface area contributed by atoms with E-state index in [4.69, 9.17) is 0 Å². The Balaban J connectivity index is 1.67. The minimum Gasteiger partial charge on any atom is -0.348 e. The zero-order valence-corrected chi connectivity index (χ0v) is 14.1. The van der Waals surface area contributed by atoms with Crippen LogP contribution in [0.25, 0.3) is 0 Å². The van der Waals surface area contributed by atoms with Gasteiger partial charge in [0.2, 0.25) is 0 Å². The van der Waals surface area contributed by atoms with Crippen LogP contribution in [-0.4, -0.2) is 36.4 Å². The third-order valence-corrected chi connectivity index (χ3v) is 4.81. The number of hydrogen-bond acceptors (Lipinski definition) is 4. The molecule has 1 aliphatic heterocycles. The number of imidazole rings is 2. The van der Waals surface area contributed by atoms with Crippen LogP contribution in [0, 0.1) is 6.92 Å². The number of hydrogen-bond donors (Lipinski definition) is 2. The van der Waals surface area contributed by atoms with Gasteiger partial charge in [0.15, 0.2) is 0 Å². The molecule has 1 aliphatic rings. The Morgan fingerprint density at radius 1 is 1.12 bits per heavy atom. The van der Waals surface area contributed by atoms with E-state index in [0.29, 0.717) is 0 Å². The van der Waals surface area contributed by atoms with Crippen LogP contribution >= 0.6 is 0 Å². The van der Waals surface area contributed by atoms with E-state index in [9.17, 15) is 0 Å². The van der Waals surface area contributed by atoms with Crippen molar-refractivity contribution in [2.75, 3.05) is 6.54 Å². The maximum absolute atomic E-state index is 4.63. The van der Waals surface area contributed by atoms with Gasteiger partial charge in [0.25, 0.3) is 0 Å². The topological polar surface area (TPSA) is 73.5 Å². The summed E-state index contributed by atoms with van der Waals surface area (Å²) in [7, 11) is 0. The summed E-state index contributed by atoms with van der Waals surface area (Å²) in [5.74, 6) is 0. The van der Waals surface area contributed by atoms with Gasteiger partial charge in [0, 0.05) is 37.1 Å². The number of nitrogens with zero attached hydrogens (tertiary/aromatic N) is 4. The van der Waals surface area contributed by atoms with Crippen molar-refractivity contribution in [2.24, 2.45) is 0 Å². The lowest BCUT2D eigenvalue weighted by molar-refractivity contribution is 0.194. The highest BCUT2D eigenvalue weighted by Crippen LogP contribution is 2.34. The summed E-state index contributed by atoms with van der Waals surface area (Å²) in [6.07, 6.45) is 7.52. The van der Waals surface area contributed by atoms with E-state index in [1.807, 2.05) is 6.20 Å². The predicted octanol–water partition coefficient (Wildman–Crippen LogP) is 2.55. The number of nitrogens with one attached hydrogen (secondary N) is 2. The van der Waals surface area contributed by atoms with Crippen molar-refractivity contribution in [3.8, 4) is 0 Å². The maximum Gasteiger partial charge on any atom is 0.0990 e. The van der Waals surface area contributed by atoms with Crippen molar-refractivity contribution in [3.63, 3.8) is 0 Å². The van der Waals surface area contributed by atoms with Gasteiger partial charge in [-0.05, 0) is 25.0 Å². The van der Waals surface area contributed by atoms with Crippen molar-refractivity contribution in [3.05, 3.63) is 65.0 Å². The number of H-pyrrole nitrogens is 2. The highest BCUT2D eigenvalue weighted by molar-refractivity contribution is 5.31. The summed E-state index contributed by atoms with van der Waals surface area (Å²) in [6.45, 7) is 5.98. The fraction of sp³-hybridized carbons (Fsp3) is 0.389. The lowest BCUT2D eigenvalue weighted by Gasteiger charge is -2.34. The second kappa shape index (κ2) is 6.20. The molecule has 3 aromatic rings. The van der Waals surface area contributed by atoms with E-state index in [2.05, 4.69) is 55.8 Å². The zero-order valence-electron chi connectivity index (χ0n) is 14.1. The zero-order chi connectivity index (χ0) is 16.5. The minimum absolute atomic E-state index is 0.0684. The average Bonchev–Trinajstić information content (AvgIpc) is 3.24. The Hall–Kier alpha value is -2.47. The van der Waals surface area contributed by atoms with Crippen molar-refractivity contribution >= 4 is 0 Å². The SMILES string of the molecule is CCc1ccc(CN2CCc3[nH]cnc3[C@@H]2c2nc[nH]c2C)nc1. The fourth-order valence-electron chi connectivity index (χ4n) is 3.41. The summed E-state index contributed by atoms with van der Waals surface area (Å²) in [4.78, 5) is 22.7. The van der Waals surface area contributed by atoms with Crippen LogP contribution in [0.15, 0.2) is 31.0 Å². The van der Waals surface area contributed by atoms with Crippen molar-refractivity contribution in [1.29, 1.82) is 0 Å². The standard InChI is InChI=1S/C18H22N6/c1-3-13-4-5-14(19-8-13)9-24-7-6-15-17(23-11-21-15)18(24)16-12(2)20-10-22-16/h4-5,8,10-11,18H,3,6-7,9H2,1-2H3,(H,20,22)(H,21,23)/t18-/m0/s1. The number of aromatic nitrogens is 5. The molecule has 0 spiro atoms. The molecule has 0 saturated heterocycles. The summed E-state index contributed by atoms with van der Waals surface area (Å²) in [5, 5.41) is 0. The normalized spacial score (nSPS) is 17.8. The summed E-state index contributed by atoms with van der Waals surface area (Å²) in [6, 6.07) is 4.37. The Kier molecular flexibility index (Phi) is 3.90. The molecule has 0 unspecified atom stereocenters. The summed E-state index contributed by atoms with van der Waals surface area (Å²) >= 11 is 0. The van der Waals surface area contributed by atoms with Gasteiger partial charge in [0.1, 0.15) is 0 Å². The number of pyridine rings is 1. The predicted molar refractivity (Wildman–Crippen MR) is 91.5 cm³/mol. The molecule has 0 aromatic carbocycles.